The van der Waals surface area contributed by atoms with Crippen LogP contribution in [-0.2, 0) is 9.68 Å². The highest BCUT2D eigenvalue weighted by Crippen LogP contribution is 2.27. The second kappa shape index (κ2) is 4.69. The number of benzene rings is 1. The lowest BCUT2D eigenvalue weighted by Crippen LogP contribution is -2.20. The van der Waals surface area contributed by atoms with Crippen molar-refractivity contribution in [2.24, 2.45) is 0 Å². The number of hydrogen-bond acceptors (Lipinski definition) is 4. The molecule has 1 aromatic carbocycles. The largest absolute Gasteiger partial charge is 0.494 e. The van der Waals surface area contributed by atoms with Crippen LogP contribution in [0, 0.1) is 0 Å². The number of para-hydroxylation sites is 2. The van der Waals surface area contributed by atoms with E-state index in [0.717, 1.165) is 5.69 Å². The van der Waals surface area contributed by atoms with Crippen molar-refractivity contribution in [3.63, 3.8) is 0 Å². The molecule has 4 nitrogen and oxygen atoms in total. The van der Waals surface area contributed by atoms with Crippen LogP contribution in [0.2, 0.25) is 0 Å². The summed E-state index contributed by atoms with van der Waals surface area (Å²) in [7, 11) is 4.65. The van der Waals surface area contributed by atoms with Crippen molar-refractivity contribution in [2.75, 3.05) is 26.6 Å². The third kappa shape index (κ3) is 2.11. The van der Waals surface area contributed by atoms with Gasteiger partial charge in [0, 0.05) is 0 Å². The Hall–Kier alpha value is -1.26. The van der Waals surface area contributed by atoms with Crippen molar-refractivity contribution >= 4 is 5.69 Å². The van der Waals surface area contributed by atoms with Crippen molar-refractivity contribution in [1.29, 1.82) is 0 Å². The lowest BCUT2D eigenvalue weighted by atomic mass is 10.3. The second-order valence-corrected chi connectivity index (χ2v) is 2.29. The zero-order valence-corrected chi connectivity index (χ0v) is 7.98. The van der Waals surface area contributed by atoms with Gasteiger partial charge in [-0.1, -0.05) is 12.1 Å². The predicted molar refractivity (Wildman–Crippen MR) is 49.5 cm³/mol. The smallest absolute Gasteiger partial charge is 0.147 e. The van der Waals surface area contributed by atoms with E-state index in [1.807, 2.05) is 24.3 Å². The molecule has 1 rings (SSSR count). The van der Waals surface area contributed by atoms with Crippen molar-refractivity contribution in [3.05, 3.63) is 24.3 Å². The van der Waals surface area contributed by atoms with E-state index >= 15 is 0 Å². The molecule has 0 N–H and O–H groups in total. The molecule has 0 aliphatic carbocycles. The molecule has 72 valence electrons. The number of hydrogen-bond donors (Lipinski definition) is 0. The molecule has 0 saturated carbocycles. The number of anilines is 1. The molecule has 0 unspecified atom stereocenters. The first-order valence-electron chi connectivity index (χ1n) is 3.84. The number of nitrogens with zero attached hydrogens (tertiary/aromatic N) is 1. The molecule has 0 heterocycles. The normalized spacial score (nSPS) is 9.77. The summed E-state index contributed by atoms with van der Waals surface area (Å²) in [5.74, 6) is 0.700. The summed E-state index contributed by atoms with van der Waals surface area (Å²) in [5, 5.41) is 1.28. The summed E-state index contributed by atoms with van der Waals surface area (Å²) >= 11 is 0. The monoisotopic (exact) mass is 183 g/mol. The minimum atomic E-state index is 0.700. The van der Waals surface area contributed by atoms with Gasteiger partial charge in [-0.05, 0) is 12.1 Å². The first-order chi connectivity index (χ1) is 6.33. The molecule has 0 aliphatic rings. The Morgan fingerprint density at radius 2 is 1.62 bits per heavy atom. The number of rotatable bonds is 4. The summed E-state index contributed by atoms with van der Waals surface area (Å²) in [6.07, 6.45) is 0. The van der Waals surface area contributed by atoms with E-state index in [1.54, 1.807) is 7.11 Å². The van der Waals surface area contributed by atoms with Crippen LogP contribution in [0.15, 0.2) is 24.3 Å². The zero-order valence-electron chi connectivity index (χ0n) is 7.98. The minimum Gasteiger partial charge on any atom is -0.494 e. The van der Waals surface area contributed by atoms with Crippen LogP contribution in [0.4, 0.5) is 5.69 Å². The molecule has 0 saturated heterocycles. The average molecular weight is 183 g/mol. The summed E-state index contributed by atoms with van der Waals surface area (Å²) < 4.78 is 5.13. The first kappa shape index (κ1) is 9.83. The van der Waals surface area contributed by atoms with E-state index in [-0.39, 0.29) is 0 Å². The molecule has 0 spiro atoms. The van der Waals surface area contributed by atoms with Gasteiger partial charge < -0.3 is 4.74 Å². The molecule has 13 heavy (non-hydrogen) atoms. The van der Waals surface area contributed by atoms with Gasteiger partial charge in [0.05, 0.1) is 21.3 Å². The Kier molecular flexibility index (Phi) is 3.54. The maximum Gasteiger partial charge on any atom is 0.147 e. The van der Waals surface area contributed by atoms with Crippen LogP contribution >= 0.6 is 0 Å². The van der Waals surface area contributed by atoms with Gasteiger partial charge in [0.2, 0.25) is 0 Å². The summed E-state index contributed by atoms with van der Waals surface area (Å²) in [5.41, 5.74) is 0.731. The fourth-order valence-electron chi connectivity index (χ4n) is 1.05. The highest BCUT2D eigenvalue weighted by molar-refractivity contribution is 5.55. The molecule has 0 radical (unpaired) electrons. The fourth-order valence-corrected chi connectivity index (χ4v) is 1.05. The van der Waals surface area contributed by atoms with Gasteiger partial charge in [-0.3, -0.25) is 9.68 Å². The molecule has 0 aliphatic heterocycles. The second-order valence-electron chi connectivity index (χ2n) is 2.29. The molecule has 0 atom stereocenters. The van der Waals surface area contributed by atoms with E-state index in [1.165, 1.54) is 19.4 Å². The maximum atomic E-state index is 5.13. The van der Waals surface area contributed by atoms with Crippen LogP contribution in [-0.4, -0.2) is 21.3 Å². The van der Waals surface area contributed by atoms with Crippen molar-refractivity contribution < 1.29 is 14.4 Å². The van der Waals surface area contributed by atoms with E-state index < -0.39 is 0 Å². The highest BCUT2D eigenvalue weighted by Gasteiger charge is 2.09. The summed E-state index contributed by atoms with van der Waals surface area (Å²) in [6.45, 7) is 0. The van der Waals surface area contributed by atoms with E-state index in [0.29, 0.717) is 5.75 Å². The topological polar surface area (TPSA) is 30.9 Å². The Morgan fingerprint density at radius 3 is 2.15 bits per heavy atom. The lowest BCUT2D eigenvalue weighted by molar-refractivity contribution is -0.0441. The molecular weight excluding hydrogens is 170 g/mol. The third-order valence-corrected chi connectivity index (χ3v) is 1.61. The SMILES string of the molecule is COc1ccccc1N(OC)OC. The highest BCUT2D eigenvalue weighted by atomic mass is 16.9. The van der Waals surface area contributed by atoms with E-state index in [2.05, 4.69) is 0 Å². The van der Waals surface area contributed by atoms with Crippen molar-refractivity contribution in [2.45, 2.75) is 0 Å². The van der Waals surface area contributed by atoms with Gasteiger partial charge in [0.25, 0.3) is 0 Å². The lowest BCUT2D eigenvalue weighted by Gasteiger charge is -2.19. The van der Waals surface area contributed by atoms with Gasteiger partial charge in [0.15, 0.2) is 0 Å². The molecular formula is C9H13NO3. The van der Waals surface area contributed by atoms with Crippen LogP contribution in [0.3, 0.4) is 0 Å². The summed E-state index contributed by atoms with van der Waals surface area (Å²) in [4.78, 5) is 9.92. The fraction of sp³-hybridized carbons (Fsp3) is 0.333. The van der Waals surface area contributed by atoms with Crippen molar-refractivity contribution in [3.8, 4) is 5.75 Å². The average Bonchev–Trinajstić information content (AvgIpc) is 2.20. The van der Waals surface area contributed by atoms with Gasteiger partial charge in [0.1, 0.15) is 11.4 Å². The van der Waals surface area contributed by atoms with Crippen LogP contribution in [0.1, 0.15) is 0 Å². The molecule has 0 amide bonds. The number of ether oxygens (including phenoxy) is 1. The standard InChI is InChI=1S/C9H13NO3/c1-11-9-7-5-4-6-8(9)10(12-2)13-3/h4-7H,1-3H3. The maximum absolute atomic E-state index is 5.13. The Morgan fingerprint density at radius 1 is 1.00 bits per heavy atom. The van der Waals surface area contributed by atoms with Crippen LogP contribution < -0.4 is 9.96 Å². The number of methoxy groups -OCH3 is 1. The quantitative estimate of drug-likeness (QED) is 0.664. The molecule has 4 heteroatoms. The zero-order chi connectivity index (χ0) is 9.68. The Balaban J connectivity index is 2.96. The van der Waals surface area contributed by atoms with Gasteiger partial charge in [-0.15, -0.1) is 5.23 Å². The Bertz CT molecular complexity index is 261. The van der Waals surface area contributed by atoms with E-state index in [4.69, 9.17) is 14.4 Å². The molecule has 0 fully saturated rings. The van der Waals surface area contributed by atoms with Crippen LogP contribution in [0.5, 0.6) is 5.75 Å². The Labute approximate surface area is 77.5 Å². The third-order valence-electron chi connectivity index (χ3n) is 1.61. The van der Waals surface area contributed by atoms with Gasteiger partial charge in [-0.25, -0.2) is 0 Å². The molecule has 0 aromatic heterocycles. The first-order valence-corrected chi connectivity index (χ1v) is 3.84. The molecule has 0 bridgehead atoms. The minimum absolute atomic E-state index is 0.700. The van der Waals surface area contributed by atoms with Crippen molar-refractivity contribution in [1.82, 2.24) is 0 Å². The van der Waals surface area contributed by atoms with Gasteiger partial charge in [-0.2, -0.15) is 0 Å². The van der Waals surface area contributed by atoms with E-state index in [9.17, 15) is 0 Å². The van der Waals surface area contributed by atoms with Crippen LogP contribution in [0.25, 0.3) is 0 Å². The predicted octanol–water partition coefficient (Wildman–Crippen LogP) is 1.62. The molecule has 1 aromatic rings. The van der Waals surface area contributed by atoms with Gasteiger partial charge >= 0.3 is 0 Å². The summed E-state index contributed by atoms with van der Waals surface area (Å²) in [6, 6.07) is 7.43.